The number of hydrogen-bond donors (Lipinski definition) is 2. The van der Waals surface area contributed by atoms with E-state index in [1.54, 1.807) is 21.9 Å². The maximum atomic E-state index is 13.5. The van der Waals surface area contributed by atoms with Gasteiger partial charge in [0.05, 0.1) is 12.0 Å². The summed E-state index contributed by atoms with van der Waals surface area (Å²) >= 11 is 0. The van der Waals surface area contributed by atoms with Gasteiger partial charge in [-0.25, -0.2) is 13.2 Å². The van der Waals surface area contributed by atoms with Crippen LogP contribution in [0.5, 0.6) is 5.75 Å². The molecule has 2 N–H and O–H groups in total. The Morgan fingerprint density at radius 3 is 2.34 bits per heavy atom. The van der Waals surface area contributed by atoms with Crippen molar-refractivity contribution in [3.63, 3.8) is 0 Å². The van der Waals surface area contributed by atoms with Crippen LogP contribution in [0.1, 0.15) is 59.3 Å². The molecule has 0 radical (unpaired) electrons. The van der Waals surface area contributed by atoms with Crippen LogP contribution in [0.3, 0.4) is 0 Å². The molecule has 3 unspecified atom stereocenters. The summed E-state index contributed by atoms with van der Waals surface area (Å²) in [5.74, 6) is 0.104. The molecule has 196 valence electrons. The minimum Gasteiger partial charge on any atom is -0.497 e. The molecule has 3 rings (SSSR count). The smallest absolute Gasteiger partial charge is 0.317 e. The number of nitrogens with one attached hydrogen (secondary N) is 2. The SMILES string of the molecule is CCC(C)C(NS(=O)(=O)c1ccc(OC)cc1)C(=O)N1CCN(C(=O)NC2CCCCC2)C(C)C1. The standard InChI is InChI=1S/C25H40N4O5S/c1-5-18(2)23(27-35(32,33)22-13-11-21(34-4)12-14-22)24(30)28-15-16-29(19(3)17-28)25(31)26-20-9-7-6-8-10-20/h11-14,18-20,23,27H,5-10,15-17H2,1-4H3,(H,26,31). The van der Waals surface area contributed by atoms with E-state index in [9.17, 15) is 18.0 Å². The third kappa shape index (κ3) is 6.88. The Morgan fingerprint density at radius 2 is 1.77 bits per heavy atom. The second-order valence-corrected chi connectivity index (χ2v) is 11.5. The normalized spacial score (nSPS) is 21.3. The van der Waals surface area contributed by atoms with Crippen LogP contribution in [0.15, 0.2) is 29.2 Å². The van der Waals surface area contributed by atoms with E-state index in [0.717, 1.165) is 25.7 Å². The number of benzene rings is 1. The number of hydrogen-bond acceptors (Lipinski definition) is 5. The van der Waals surface area contributed by atoms with Gasteiger partial charge in [-0.05, 0) is 49.9 Å². The molecule has 1 saturated carbocycles. The Hall–Kier alpha value is -2.33. The minimum atomic E-state index is -3.91. The molecular formula is C25H40N4O5S. The third-order valence-electron chi connectivity index (χ3n) is 7.26. The van der Waals surface area contributed by atoms with Crippen LogP contribution in [-0.2, 0) is 14.8 Å². The van der Waals surface area contributed by atoms with Gasteiger partial charge in [-0.3, -0.25) is 4.79 Å². The minimum absolute atomic E-state index is 0.0739. The number of amides is 3. The van der Waals surface area contributed by atoms with E-state index < -0.39 is 16.1 Å². The number of carbonyl (C=O) groups excluding carboxylic acids is 2. The molecule has 1 heterocycles. The van der Waals surface area contributed by atoms with Gasteiger partial charge in [-0.1, -0.05) is 39.5 Å². The molecule has 2 aliphatic rings. The number of ether oxygens (including phenoxy) is 1. The molecule has 3 atom stereocenters. The zero-order chi connectivity index (χ0) is 25.6. The molecule has 0 spiro atoms. The van der Waals surface area contributed by atoms with Gasteiger partial charge in [0.2, 0.25) is 15.9 Å². The maximum Gasteiger partial charge on any atom is 0.317 e. The van der Waals surface area contributed by atoms with Crippen molar-refractivity contribution in [3.8, 4) is 5.75 Å². The molecule has 1 aliphatic carbocycles. The van der Waals surface area contributed by atoms with E-state index in [4.69, 9.17) is 4.74 Å². The highest BCUT2D eigenvalue weighted by Crippen LogP contribution is 2.21. The van der Waals surface area contributed by atoms with E-state index >= 15 is 0 Å². The first-order valence-electron chi connectivity index (χ1n) is 12.7. The number of carbonyl (C=O) groups is 2. The van der Waals surface area contributed by atoms with Crippen LogP contribution in [0.2, 0.25) is 0 Å². The zero-order valence-corrected chi connectivity index (χ0v) is 22.1. The molecule has 0 bridgehead atoms. The number of nitrogens with zero attached hydrogens (tertiary/aromatic N) is 2. The van der Waals surface area contributed by atoms with Crippen molar-refractivity contribution in [1.82, 2.24) is 19.8 Å². The molecule has 10 heteroatoms. The predicted molar refractivity (Wildman–Crippen MR) is 135 cm³/mol. The molecule has 0 aromatic heterocycles. The van der Waals surface area contributed by atoms with Crippen molar-refractivity contribution >= 4 is 22.0 Å². The highest BCUT2D eigenvalue weighted by atomic mass is 32.2. The lowest BCUT2D eigenvalue weighted by Gasteiger charge is -2.42. The number of methoxy groups -OCH3 is 1. The van der Waals surface area contributed by atoms with Gasteiger partial charge in [0.1, 0.15) is 11.8 Å². The second-order valence-electron chi connectivity index (χ2n) is 9.77. The van der Waals surface area contributed by atoms with Crippen LogP contribution in [0.4, 0.5) is 4.79 Å². The molecule has 1 aliphatic heterocycles. The van der Waals surface area contributed by atoms with Gasteiger partial charge >= 0.3 is 6.03 Å². The van der Waals surface area contributed by atoms with Crippen molar-refractivity contribution in [2.24, 2.45) is 5.92 Å². The van der Waals surface area contributed by atoms with Gasteiger partial charge in [-0.15, -0.1) is 0 Å². The quantitative estimate of drug-likeness (QED) is 0.561. The fourth-order valence-corrected chi connectivity index (χ4v) is 6.09. The van der Waals surface area contributed by atoms with E-state index in [-0.39, 0.29) is 34.8 Å². The summed E-state index contributed by atoms with van der Waals surface area (Å²) in [5, 5.41) is 3.15. The van der Waals surface area contributed by atoms with Gasteiger partial charge in [0, 0.05) is 31.7 Å². The summed E-state index contributed by atoms with van der Waals surface area (Å²) < 4.78 is 33.9. The number of piperazine rings is 1. The molecule has 2 fully saturated rings. The van der Waals surface area contributed by atoms with Crippen molar-refractivity contribution in [3.05, 3.63) is 24.3 Å². The van der Waals surface area contributed by atoms with Crippen molar-refractivity contribution in [1.29, 1.82) is 0 Å². The first-order valence-corrected chi connectivity index (χ1v) is 14.2. The Labute approximate surface area is 209 Å². The summed E-state index contributed by atoms with van der Waals surface area (Å²) in [4.78, 5) is 29.9. The van der Waals surface area contributed by atoms with Crippen LogP contribution in [-0.4, -0.2) is 75.0 Å². The molecule has 3 amide bonds. The van der Waals surface area contributed by atoms with E-state index in [2.05, 4.69) is 10.0 Å². The third-order valence-corrected chi connectivity index (χ3v) is 8.72. The van der Waals surface area contributed by atoms with Gasteiger partial charge in [0.15, 0.2) is 0 Å². The lowest BCUT2D eigenvalue weighted by Crippen LogP contribution is -2.61. The Morgan fingerprint density at radius 1 is 1.11 bits per heavy atom. The zero-order valence-electron chi connectivity index (χ0n) is 21.3. The summed E-state index contributed by atoms with van der Waals surface area (Å²) in [5.41, 5.74) is 0. The predicted octanol–water partition coefficient (Wildman–Crippen LogP) is 2.96. The molecule has 35 heavy (non-hydrogen) atoms. The van der Waals surface area contributed by atoms with E-state index in [1.165, 1.54) is 25.7 Å². The van der Waals surface area contributed by atoms with Crippen LogP contribution < -0.4 is 14.8 Å². The molecule has 1 saturated heterocycles. The van der Waals surface area contributed by atoms with Crippen LogP contribution in [0.25, 0.3) is 0 Å². The van der Waals surface area contributed by atoms with Crippen LogP contribution >= 0.6 is 0 Å². The summed E-state index contributed by atoms with van der Waals surface area (Å²) in [7, 11) is -2.39. The lowest BCUT2D eigenvalue weighted by molar-refractivity contribution is -0.136. The number of urea groups is 1. The summed E-state index contributed by atoms with van der Waals surface area (Å²) in [6.07, 6.45) is 6.19. The van der Waals surface area contributed by atoms with Gasteiger partial charge < -0.3 is 19.9 Å². The Bertz CT molecular complexity index is 963. The molecular weight excluding hydrogens is 468 g/mol. The molecule has 9 nitrogen and oxygen atoms in total. The van der Waals surface area contributed by atoms with Gasteiger partial charge in [0.25, 0.3) is 0 Å². The monoisotopic (exact) mass is 508 g/mol. The first kappa shape index (κ1) is 27.3. The van der Waals surface area contributed by atoms with Gasteiger partial charge in [-0.2, -0.15) is 4.72 Å². The van der Waals surface area contributed by atoms with Crippen LogP contribution in [0, 0.1) is 5.92 Å². The van der Waals surface area contributed by atoms with Crippen molar-refractivity contribution < 1.29 is 22.7 Å². The first-order chi connectivity index (χ1) is 16.7. The largest absolute Gasteiger partial charge is 0.497 e. The lowest BCUT2D eigenvalue weighted by atomic mass is 9.95. The summed E-state index contributed by atoms with van der Waals surface area (Å²) in [6.45, 7) is 6.90. The average Bonchev–Trinajstić information content (AvgIpc) is 2.87. The molecule has 1 aromatic rings. The fourth-order valence-electron chi connectivity index (χ4n) is 4.80. The van der Waals surface area contributed by atoms with E-state index in [1.807, 2.05) is 20.8 Å². The molecule has 1 aromatic carbocycles. The topological polar surface area (TPSA) is 108 Å². The fraction of sp³-hybridized carbons (Fsp3) is 0.680. The van der Waals surface area contributed by atoms with Crippen molar-refractivity contribution in [2.75, 3.05) is 26.7 Å². The maximum absolute atomic E-state index is 13.5. The Balaban J connectivity index is 1.66. The average molecular weight is 509 g/mol. The highest BCUT2D eigenvalue weighted by Gasteiger charge is 2.37. The summed E-state index contributed by atoms with van der Waals surface area (Å²) in [6, 6.07) is 5.19. The second kappa shape index (κ2) is 12.1. The number of rotatable bonds is 8. The highest BCUT2D eigenvalue weighted by molar-refractivity contribution is 7.89. The van der Waals surface area contributed by atoms with Crippen molar-refractivity contribution in [2.45, 2.75) is 82.3 Å². The van der Waals surface area contributed by atoms with E-state index in [0.29, 0.717) is 31.8 Å². The Kier molecular flexibility index (Phi) is 9.40. The number of sulfonamides is 1.